The second-order valence-electron chi connectivity index (χ2n) is 12.5. The number of aromatic nitrogens is 1. The maximum absolute atomic E-state index is 6.59. The summed E-state index contributed by atoms with van der Waals surface area (Å²) in [7, 11) is 0. The van der Waals surface area contributed by atoms with E-state index < -0.39 is 0 Å². The summed E-state index contributed by atoms with van der Waals surface area (Å²) in [5.74, 6) is 5.02. The molecule has 0 atom stereocenters. The van der Waals surface area contributed by atoms with Crippen molar-refractivity contribution in [3.05, 3.63) is 146 Å². The summed E-state index contributed by atoms with van der Waals surface area (Å²) in [6.07, 6.45) is 0. The molecule has 0 bridgehead atoms. The molecule has 5 heteroatoms. The number of hydrogen-bond donors (Lipinski definition) is 0. The molecule has 4 heterocycles. The van der Waals surface area contributed by atoms with Crippen LogP contribution in [0.4, 0.5) is 0 Å². The largest absolute Gasteiger partial charge is 0.458 e. The Morgan fingerprint density at radius 1 is 0.362 bits per heavy atom. The lowest BCUT2D eigenvalue weighted by Gasteiger charge is -2.37. The summed E-state index contributed by atoms with van der Waals surface area (Å²) in [4.78, 5) is 0. The van der Waals surface area contributed by atoms with Gasteiger partial charge in [0, 0.05) is 32.8 Å². The summed E-state index contributed by atoms with van der Waals surface area (Å²) in [5.41, 5.74) is 11.2. The lowest BCUT2D eigenvalue weighted by molar-refractivity contribution is 0.443. The molecule has 1 aromatic heterocycles. The highest BCUT2D eigenvalue weighted by atomic mass is 16.5. The molecule has 0 saturated carbocycles. The number of fused-ring (bicyclic) bond motifs is 3. The molecule has 0 radical (unpaired) electrons. The molecule has 0 unspecified atom stereocenters. The quantitative estimate of drug-likeness (QED) is 0.190. The summed E-state index contributed by atoms with van der Waals surface area (Å²) < 4.78 is 21.8. The van der Waals surface area contributed by atoms with Crippen LogP contribution in [0.2, 0.25) is 0 Å². The number of hydrogen-bond acceptors (Lipinski definition) is 3. The standard InChI is InChI=1S/C42H24BNO3/c1-2-11-29(12-3-1)44-32-14-5-4-13-30(32)31-22-27(19-20-33(31)44)25-9-6-10-26(21-25)28-23-38-42-39(24-28)47-37-18-8-16-35-41(37)43(42)40-34(45-35)15-7-17-36(40)46-38/h1-24H. The van der Waals surface area contributed by atoms with E-state index in [4.69, 9.17) is 14.2 Å². The van der Waals surface area contributed by atoms with Gasteiger partial charge in [-0.1, -0.05) is 72.8 Å². The molecule has 4 nitrogen and oxygen atoms in total. The first kappa shape index (κ1) is 25.0. The highest BCUT2D eigenvalue weighted by Crippen LogP contribution is 2.44. The van der Waals surface area contributed by atoms with Gasteiger partial charge in [-0.05, 0) is 95.1 Å². The van der Waals surface area contributed by atoms with Crippen LogP contribution in [-0.2, 0) is 0 Å². The molecule has 0 spiro atoms. The normalized spacial score (nSPS) is 13.1. The van der Waals surface area contributed by atoms with Crippen molar-refractivity contribution in [1.82, 2.24) is 4.57 Å². The molecule has 0 fully saturated rings. The summed E-state index contributed by atoms with van der Waals surface area (Å²) >= 11 is 0. The van der Waals surface area contributed by atoms with Gasteiger partial charge in [-0.3, -0.25) is 0 Å². The van der Waals surface area contributed by atoms with E-state index in [0.717, 1.165) is 73.3 Å². The average Bonchev–Trinajstić information content (AvgIpc) is 3.46. The van der Waals surface area contributed by atoms with Crippen molar-refractivity contribution in [3.8, 4) is 62.4 Å². The monoisotopic (exact) mass is 601 g/mol. The van der Waals surface area contributed by atoms with Gasteiger partial charge in [0.2, 0.25) is 0 Å². The predicted molar refractivity (Wildman–Crippen MR) is 189 cm³/mol. The minimum atomic E-state index is 0.0128. The van der Waals surface area contributed by atoms with Crippen molar-refractivity contribution in [2.75, 3.05) is 0 Å². The van der Waals surface area contributed by atoms with E-state index in [9.17, 15) is 0 Å². The molecule has 11 rings (SSSR count). The zero-order valence-electron chi connectivity index (χ0n) is 25.1. The van der Waals surface area contributed by atoms with Crippen molar-refractivity contribution >= 4 is 44.9 Å². The fraction of sp³-hybridized carbons (Fsp3) is 0. The van der Waals surface area contributed by atoms with Gasteiger partial charge in [0.15, 0.2) is 0 Å². The molecule has 0 saturated heterocycles. The highest BCUT2D eigenvalue weighted by molar-refractivity contribution is 6.99. The van der Waals surface area contributed by atoms with Crippen LogP contribution in [0, 0.1) is 0 Å². The van der Waals surface area contributed by atoms with Crippen molar-refractivity contribution in [2.45, 2.75) is 0 Å². The highest BCUT2D eigenvalue weighted by Gasteiger charge is 2.46. The molecular weight excluding hydrogens is 577 g/mol. The third-order valence-corrected chi connectivity index (χ3v) is 9.90. The molecule has 7 aromatic carbocycles. The first-order valence-corrected chi connectivity index (χ1v) is 16.0. The number of rotatable bonds is 3. The van der Waals surface area contributed by atoms with E-state index in [0.29, 0.717) is 0 Å². The van der Waals surface area contributed by atoms with Crippen molar-refractivity contribution in [1.29, 1.82) is 0 Å². The van der Waals surface area contributed by atoms with Crippen LogP contribution < -0.4 is 30.6 Å². The van der Waals surface area contributed by atoms with Gasteiger partial charge in [0.05, 0.1) is 11.0 Å². The fourth-order valence-corrected chi connectivity index (χ4v) is 7.87. The Morgan fingerprint density at radius 2 is 0.894 bits per heavy atom. The SMILES string of the molecule is c1ccc(-n2c3ccccc3c3cc(-c4cccc(-c5cc6c7c(c5)Oc5cccc8c5B7c5c(cccc5O6)O8)c4)ccc32)cc1. The smallest absolute Gasteiger partial charge is 0.270 e. The molecular formula is C42H24BNO3. The van der Waals surface area contributed by atoms with Crippen LogP contribution >= 0.6 is 0 Å². The third kappa shape index (κ3) is 3.48. The Balaban J connectivity index is 1.05. The topological polar surface area (TPSA) is 32.6 Å². The number of ether oxygens (including phenoxy) is 3. The van der Waals surface area contributed by atoms with E-state index in [1.54, 1.807) is 0 Å². The zero-order valence-corrected chi connectivity index (χ0v) is 25.1. The molecule has 3 aliphatic rings. The van der Waals surface area contributed by atoms with Gasteiger partial charge in [-0.2, -0.15) is 0 Å². The van der Waals surface area contributed by atoms with E-state index in [1.807, 2.05) is 36.4 Å². The zero-order chi connectivity index (χ0) is 30.6. The van der Waals surface area contributed by atoms with Crippen LogP contribution in [0.3, 0.4) is 0 Å². The predicted octanol–water partition coefficient (Wildman–Crippen LogP) is 8.95. The lowest BCUT2D eigenvalue weighted by atomic mass is 9.34. The van der Waals surface area contributed by atoms with Crippen molar-refractivity contribution in [2.24, 2.45) is 0 Å². The Kier molecular flexibility index (Phi) is 4.89. The third-order valence-electron chi connectivity index (χ3n) is 9.90. The minimum Gasteiger partial charge on any atom is -0.458 e. The molecule has 0 aliphatic carbocycles. The number of para-hydroxylation sites is 2. The molecule has 3 aliphatic heterocycles. The fourth-order valence-electron chi connectivity index (χ4n) is 7.87. The maximum atomic E-state index is 6.59. The van der Waals surface area contributed by atoms with Gasteiger partial charge in [-0.25, -0.2) is 0 Å². The number of nitrogens with zero attached hydrogens (tertiary/aromatic N) is 1. The van der Waals surface area contributed by atoms with Gasteiger partial charge >= 0.3 is 0 Å². The maximum Gasteiger partial charge on any atom is 0.270 e. The van der Waals surface area contributed by atoms with Crippen LogP contribution in [0.15, 0.2) is 146 Å². The first-order valence-electron chi connectivity index (χ1n) is 16.0. The number of benzene rings is 7. The second-order valence-corrected chi connectivity index (χ2v) is 12.5. The van der Waals surface area contributed by atoms with Crippen molar-refractivity contribution in [3.63, 3.8) is 0 Å². The van der Waals surface area contributed by atoms with E-state index in [2.05, 4.69) is 114 Å². The van der Waals surface area contributed by atoms with E-state index in [-0.39, 0.29) is 6.71 Å². The second kappa shape index (κ2) is 9.18. The van der Waals surface area contributed by atoms with Gasteiger partial charge in [0.1, 0.15) is 34.5 Å². The van der Waals surface area contributed by atoms with Crippen LogP contribution in [0.5, 0.6) is 34.5 Å². The van der Waals surface area contributed by atoms with Gasteiger partial charge in [-0.15, -0.1) is 0 Å². The van der Waals surface area contributed by atoms with Crippen molar-refractivity contribution < 1.29 is 14.2 Å². The van der Waals surface area contributed by atoms with E-state index >= 15 is 0 Å². The van der Waals surface area contributed by atoms with Gasteiger partial charge < -0.3 is 18.8 Å². The molecule has 0 N–H and O–H groups in total. The Hall–Kier alpha value is -6.20. The van der Waals surface area contributed by atoms with Crippen LogP contribution in [0.1, 0.15) is 0 Å². The summed E-state index contributed by atoms with van der Waals surface area (Å²) in [5, 5.41) is 2.48. The minimum absolute atomic E-state index is 0.0128. The summed E-state index contributed by atoms with van der Waals surface area (Å²) in [6.45, 7) is 0.0128. The van der Waals surface area contributed by atoms with Gasteiger partial charge in [0.25, 0.3) is 6.71 Å². The summed E-state index contributed by atoms with van der Waals surface area (Å²) in [6, 6.07) is 51.2. The Bertz CT molecular complexity index is 2550. The van der Waals surface area contributed by atoms with Crippen LogP contribution in [0.25, 0.3) is 49.7 Å². The Morgan fingerprint density at radius 3 is 1.60 bits per heavy atom. The molecule has 8 aromatic rings. The molecule has 218 valence electrons. The Labute approximate surface area is 271 Å². The van der Waals surface area contributed by atoms with E-state index in [1.165, 1.54) is 27.4 Å². The average molecular weight is 601 g/mol. The first-order chi connectivity index (χ1) is 23.3. The molecule has 47 heavy (non-hydrogen) atoms. The lowest BCUT2D eigenvalue weighted by Crippen LogP contribution is -2.59. The van der Waals surface area contributed by atoms with Crippen LogP contribution in [-0.4, -0.2) is 11.3 Å². The molecule has 0 amide bonds.